The molecule has 2 aliphatic heterocycles. The molecule has 6 atom stereocenters. The van der Waals surface area contributed by atoms with E-state index in [9.17, 15) is 19.2 Å². The molecule has 2 fully saturated rings. The quantitative estimate of drug-likeness (QED) is 0.103. The molecule has 5 aromatic rings. The number of ether oxygens (including phenoxy) is 2. The molecule has 0 saturated carbocycles. The highest BCUT2D eigenvalue weighted by atomic mass is 32.1. The lowest BCUT2D eigenvalue weighted by molar-refractivity contribution is -0.136. The van der Waals surface area contributed by atoms with Crippen LogP contribution in [0.3, 0.4) is 0 Å². The summed E-state index contributed by atoms with van der Waals surface area (Å²) in [6.07, 6.45) is 1.91. The lowest BCUT2D eigenvalue weighted by Crippen LogP contribution is -2.51. The molecule has 7 rings (SSSR count). The largest absolute Gasteiger partial charge is 0.453 e. The van der Waals surface area contributed by atoms with Crippen LogP contribution in [0.1, 0.15) is 78.1 Å². The Kier molecular flexibility index (Phi) is 12.3. The zero-order chi connectivity index (χ0) is 43.0. The molecule has 16 heteroatoms. The van der Waals surface area contributed by atoms with Crippen molar-refractivity contribution in [3.8, 4) is 32.8 Å². The molecule has 3 aromatic heterocycles. The second-order valence-corrected chi connectivity index (χ2v) is 17.8. The molecule has 60 heavy (non-hydrogen) atoms. The van der Waals surface area contributed by atoms with Gasteiger partial charge in [-0.1, -0.05) is 77.9 Å². The Morgan fingerprint density at radius 1 is 0.767 bits per heavy atom. The van der Waals surface area contributed by atoms with E-state index in [0.29, 0.717) is 30.3 Å². The standard InChI is InChI=1S/C44H53FN8O6S/c1-22(2)36(49-43(56)58-7)41(54)52-20-24(5)15-33(52)38-46-19-32(48-38)27-11-9-26(10-12-27)29-14-13-28(17-30(29)45)35-18-31-40(60-35)51-39(47-31)34-16-25(6)21-53(34)42(55)37(23(3)4)50-44(57)59-8/h9-14,17-19,22-25,33-34,36-37H,15-16,20-21H2,1-8H3,(H,46,48)(H,47,51)(H,49,56)(H,50,57)/t24-,25+,33-,34+,36-,37+/m1/s1. The number of H-pyrrole nitrogens is 2. The van der Waals surface area contributed by atoms with Gasteiger partial charge in [-0.05, 0) is 65.3 Å². The number of benzene rings is 2. The lowest BCUT2D eigenvalue weighted by atomic mass is 10.0. The predicted octanol–water partition coefficient (Wildman–Crippen LogP) is 8.07. The van der Waals surface area contributed by atoms with Crippen LogP contribution in [0.5, 0.6) is 0 Å². The fourth-order valence-corrected chi connectivity index (χ4v) is 9.36. The number of fused-ring (bicyclic) bond motifs is 1. The summed E-state index contributed by atoms with van der Waals surface area (Å²) in [5, 5.41) is 5.38. The van der Waals surface area contributed by atoms with Crippen LogP contribution >= 0.6 is 11.3 Å². The maximum Gasteiger partial charge on any atom is 0.407 e. The van der Waals surface area contributed by atoms with Crippen molar-refractivity contribution in [3.05, 3.63) is 72.2 Å². The molecular weight excluding hydrogens is 788 g/mol. The number of aromatic nitrogens is 4. The van der Waals surface area contributed by atoms with Crippen LogP contribution in [0.4, 0.5) is 14.0 Å². The number of hydrogen-bond donors (Lipinski definition) is 4. The highest BCUT2D eigenvalue weighted by Crippen LogP contribution is 2.40. The molecule has 0 spiro atoms. The Bertz CT molecular complexity index is 2340. The summed E-state index contributed by atoms with van der Waals surface area (Å²) in [5.74, 6) is 0.869. The van der Waals surface area contributed by atoms with Crippen molar-refractivity contribution >= 4 is 45.7 Å². The van der Waals surface area contributed by atoms with Crippen LogP contribution in [0.15, 0.2) is 54.7 Å². The smallest absolute Gasteiger partial charge is 0.407 e. The Balaban J connectivity index is 1.04. The first-order valence-corrected chi connectivity index (χ1v) is 21.2. The van der Waals surface area contributed by atoms with Gasteiger partial charge in [0.15, 0.2) is 0 Å². The highest BCUT2D eigenvalue weighted by molar-refractivity contribution is 7.21. The van der Waals surface area contributed by atoms with Gasteiger partial charge in [0.1, 0.15) is 34.4 Å². The van der Waals surface area contributed by atoms with Gasteiger partial charge in [0, 0.05) is 23.5 Å². The van der Waals surface area contributed by atoms with E-state index in [0.717, 1.165) is 50.5 Å². The van der Waals surface area contributed by atoms with Gasteiger partial charge in [-0.2, -0.15) is 0 Å². The number of alkyl carbamates (subject to hydrolysis) is 2. The summed E-state index contributed by atoms with van der Waals surface area (Å²) in [4.78, 5) is 73.0. The molecule has 0 radical (unpaired) electrons. The Morgan fingerprint density at radius 3 is 1.82 bits per heavy atom. The summed E-state index contributed by atoms with van der Waals surface area (Å²) < 4.78 is 25.3. The third-order valence-electron chi connectivity index (χ3n) is 11.6. The third-order valence-corrected chi connectivity index (χ3v) is 12.6. The van der Waals surface area contributed by atoms with E-state index in [1.807, 2.05) is 64.1 Å². The Hall–Kier alpha value is -5.77. The van der Waals surface area contributed by atoms with Gasteiger partial charge >= 0.3 is 12.2 Å². The van der Waals surface area contributed by atoms with Crippen LogP contribution in [0, 0.1) is 29.5 Å². The number of aromatic amines is 2. The van der Waals surface area contributed by atoms with E-state index in [4.69, 9.17) is 14.5 Å². The minimum absolute atomic E-state index is 0.139. The molecule has 2 aromatic carbocycles. The fraction of sp³-hybridized carbons (Fsp3) is 0.455. The average Bonchev–Trinajstić information content (AvgIpc) is 4.07. The van der Waals surface area contributed by atoms with Gasteiger partial charge in [-0.3, -0.25) is 9.59 Å². The van der Waals surface area contributed by atoms with Crippen molar-refractivity contribution in [1.29, 1.82) is 0 Å². The van der Waals surface area contributed by atoms with Crippen LogP contribution in [0.2, 0.25) is 0 Å². The number of imidazole rings is 2. The van der Waals surface area contributed by atoms with Gasteiger partial charge in [0.25, 0.3) is 0 Å². The number of likely N-dealkylation sites (tertiary alicyclic amines) is 2. The number of amides is 4. The van der Waals surface area contributed by atoms with Crippen LogP contribution in [-0.2, 0) is 19.1 Å². The summed E-state index contributed by atoms with van der Waals surface area (Å²) in [7, 11) is 2.55. The maximum absolute atomic E-state index is 15.8. The van der Waals surface area contributed by atoms with Crippen LogP contribution in [0.25, 0.3) is 43.2 Å². The predicted molar refractivity (Wildman–Crippen MR) is 227 cm³/mol. The van der Waals surface area contributed by atoms with E-state index in [-0.39, 0.29) is 53.4 Å². The van der Waals surface area contributed by atoms with E-state index >= 15 is 4.39 Å². The van der Waals surface area contributed by atoms with Crippen molar-refractivity contribution in [2.45, 2.75) is 78.6 Å². The van der Waals surface area contributed by atoms with Crippen molar-refractivity contribution in [2.24, 2.45) is 23.7 Å². The maximum atomic E-state index is 15.8. The molecule has 0 unspecified atom stereocenters. The highest BCUT2D eigenvalue weighted by Gasteiger charge is 2.41. The molecule has 0 aliphatic carbocycles. The molecule has 5 heterocycles. The number of nitrogens with zero attached hydrogens (tertiary/aromatic N) is 4. The molecule has 2 aliphatic rings. The number of carbonyl (C=O) groups is 4. The van der Waals surface area contributed by atoms with Crippen molar-refractivity contribution in [2.75, 3.05) is 27.3 Å². The zero-order valence-electron chi connectivity index (χ0n) is 35.2. The topological polar surface area (TPSA) is 175 Å². The summed E-state index contributed by atoms with van der Waals surface area (Å²) >= 11 is 1.45. The van der Waals surface area contributed by atoms with Gasteiger partial charge < -0.3 is 39.9 Å². The Labute approximate surface area is 352 Å². The monoisotopic (exact) mass is 840 g/mol. The van der Waals surface area contributed by atoms with E-state index in [1.54, 1.807) is 22.1 Å². The van der Waals surface area contributed by atoms with E-state index < -0.39 is 24.3 Å². The molecule has 0 bridgehead atoms. The SMILES string of the molecule is COC(=O)N[C@H](C(=O)N1C[C@@H](C)C[C@H]1c1nc2sc(-c3ccc(-c4ccc(-c5cnc([C@H]6C[C@@H](C)CN6C(=O)[C@H](NC(=O)OC)C(C)C)[nH]5)cc4)c(F)c3)cc2[nH]1)C(C)C. The van der Waals surface area contributed by atoms with E-state index in [2.05, 4.69) is 39.4 Å². The second kappa shape index (κ2) is 17.4. The average molecular weight is 841 g/mol. The van der Waals surface area contributed by atoms with Crippen LogP contribution < -0.4 is 10.6 Å². The molecular formula is C44H53FN8O6S. The van der Waals surface area contributed by atoms with Crippen molar-refractivity contribution in [3.63, 3.8) is 0 Å². The summed E-state index contributed by atoms with van der Waals surface area (Å²) in [6.45, 7) is 12.8. The Morgan fingerprint density at radius 2 is 1.30 bits per heavy atom. The third kappa shape index (κ3) is 8.60. The van der Waals surface area contributed by atoms with Gasteiger partial charge in [0.05, 0.1) is 43.7 Å². The number of methoxy groups -OCH3 is 2. The van der Waals surface area contributed by atoms with E-state index in [1.165, 1.54) is 31.6 Å². The number of rotatable bonds is 11. The minimum Gasteiger partial charge on any atom is -0.453 e. The minimum atomic E-state index is -0.729. The summed E-state index contributed by atoms with van der Waals surface area (Å²) in [5.41, 5.74) is 4.36. The second-order valence-electron chi connectivity index (χ2n) is 16.8. The molecule has 4 amide bonds. The number of halogens is 1. The zero-order valence-corrected chi connectivity index (χ0v) is 36.0. The van der Waals surface area contributed by atoms with Crippen molar-refractivity contribution < 1.29 is 33.0 Å². The first kappa shape index (κ1) is 42.4. The first-order chi connectivity index (χ1) is 28.6. The molecule has 14 nitrogen and oxygen atoms in total. The van der Waals surface area contributed by atoms with Gasteiger partial charge in [-0.15, -0.1) is 11.3 Å². The molecule has 318 valence electrons. The molecule has 4 N–H and O–H groups in total. The normalized spacial score (nSPS) is 20.2. The molecule has 2 saturated heterocycles. The number of thiophene rings is 1. The van der Waals surface area contributed by atoms with Crippen molar-refractivity contribution in [1.82, 2.24) is 40.4 Å². The van der Waals surface area contributed by atoms with Crippen LogP contribution in [-0.4, -0.2) is 93.1 Å². The van der Waals surface area contributed by atoms with Gasteiger partial charge in [-0.25, -0.2) is 23.9 Å². The number of hydrogen-bond acceptors (Lipinski definition) is 9. The first-order valence-electron chi connectivity index (χ1n) is 20.4. The number of carbonyl (C=O) groups excluding carboxylic acids is 4. The lowest BCUT2D eigenvalue weighted by Gasteiger charge is -2.30. The van der Waals surface area contributed by atoms with Gasteiger partial charge in [0.2, 0.25) is 11.8 Å². The fourth-order valence-electron chi connectivity index (χ4n) is 8.37. The number of nitrogens with one attached hydrogen (secondary N) is 4. The summed E-state index contributed by atoms with van der Waals surface area (Å²) in [6, 6.07) is 12.8.